The van der Waals surface area contributed by atoms with Gasteiger partial charge in [-0.2, -0.15) is 13.2 Å². The molecule has 0 spiro atoms. The van der Waals surface area contributed by atoms with Gasteiger partial charge in [-0.15, -0.1) is 0 Å². The average molecular weight is 618 g/mol. The van der Waals surface area contributed by atoms with Gasteiger partial charge in [-0.25, -0.2) is 14.4 Å². The van der Waals surface area contributed by atoms with Gasteiger partial charge in [0, 0.05) is 32.5 Å². The van der Waals surface area contributed by atoms with E-state index in [-0.39, 0.29) is 34.5 Å². The third kappa shape index (κ3) is 6.72. The molecule has 0 aliphatic rings. The van der Waals surface area contributed by atoms with E-state index in [4.69, 9.17) is 4.98 Å². The van der Waals surface area contributed by atoms with Crippen molar-refractivity contribution in [2.75, 3.05) is 19.0 Å². The summed E-state index contributed by atoms with van der Waals surface area (Å²) in [5.41, 5.74) is 1.57. The summed E-state index contributed by atoms with van der Waals surface area (Å²) in [5, 5.41) is 0.289. The molecule has 5 rings (SSSR count). The van der Waals surface area contributed by atoms with Crippen molar-refractivity contribution < 1.29 is 22.4 Å². The SMILES string of the molecule is Cc1ccc(-n2c([C@@H](C)N(Cc3ccc(N(C)C)cc3)C(=O)Cc3ccc(F)c(C(F)(F)F)c3)nc3ncccc3c2=O)cc1. The summed E-state index contributed by atoms with van der Waals surface area (Å²) >= 11 is 0. The number of alkyl halides is 3. The summed E-state index contributed by atoms with van der Waals surface area (Å²) in [6.07, 6.45) is -3.85. The van der Waals surface area contributed by atoms with Gasteiger partial charge in [-0.1, -0.05) is 35.9 Å². The average Bonchev–Trinajstić information content (AvgIpc) is 3.00. The molecule has 45 heavy (non-hydrogen) atoms. The Morgan fingerprint density at radius 2 is 1.62 bits per heavy atom. The number of hydrogen-bond acceptors (Lipinski definition) is 5. The zero-order valence-corrected chi connectivity index (χ0v) is 25.1. The molecular weight excluding hydrogens is 586 g/mol. The maximum atomic E-state index is 14.0. The van der Waals surface area contributed by atoms with E-state index in [0.717, 1.165) is 22.9 Å². The van der Waals surface area contributed by atoms with Crippen LogP contribution in [0.4, 0.5) is 23.2 Å². The lowest BCUT2D eigenvalue weighted by molar-refractivity contribution is -0.140. The molecule has 2 aromatic heterocycles. The normalized spacial score (nSPS) is 12.3. The molecule has 3 aromatic carbocycles. The lowest BCUT2D eigenvalue weighted by atomic mass is 10.0. The number of carbonyl (C=O) groups is 1. The number of amides is 1. The highest BCUT2D eigenvalue weighted by molar-refractivity contribution is 5.79. The van der Waals surface area contributed by atoms with Crippen LogP contribution in [0.15, 0.2) is 89.9 Å². The zero-order valence-electron chi connectivity index (χ0n) is 25.1. The van der Waals surface area contributed by atoms with E-state index in [1.54, 1.807) is 31.2 Å². The van der Waals surface area contributed by atoms with Crippen molar-refractivity contribution in [2.45, 2.75) is 39.0 Å². The van der Waals surface area contributed by atoms with Crippen LogP contribution >= 0.6 is 0 Å². The minimum absolute atomic E-state index is 0.00190. The number of aromatic nitrogens is 3. The van der Waals surface area contributed by atoms with E-state index in [9.17, 15) is 27.2 Å². The number of nitrogens with zero attached hydrogens (tertiary/aromatic N) is 5. The lowest BCUT2D eigenvalue weighted by Gasteiger charge is -2.31. The van der Waals surface area contributed by atoms with Crippen LogP contribution in [0.2, 0.25) is 0 Å². The first-order chi connectivity index (χ1) is 21.3. The molecule has 1 amide bonds. The third-order valence-electron chi connectivity index (χ3n) is 7.62. The molecule has 2 heterocycles. The van der Waals surface area contributed by atoms with Crippen molar-refractivity contribution in [3.63, 3.8) is 0 Å². The van der Waals surface area contributed by atoms with Crippen molar-refractivity contribution in [3.05, 3.63) is 129 Å². The number of benzene rings is 3. The van der Waals surface area contributed by atoms with Gasteiger partial charge >= 0.3 is 6.18 Å². The second-order valence-electron chi connectivity index (χ2n) is 11.1. The molecule has 11 heteroatoms. The van der Waals surface area contributed by atoms with E-state index < -0.39 is 35.9 Å². The first-order valence-electron chi connectivity index (χ1n) is 14.2. The van der Waals surface area contributed by atoms with Gasteiger partial charge in [-0.3, -0.25) is 14.2 Å². The van der Waals surface area contributed by atoms with Crippen LogP contribution in [0, 0.1) is 12.7 Å². The minimum Gasteiger partial charge on any atom is -0.378 e. The molecule has 0 N–H and O–H groups in total. The van der Waals surface area contributed by atoms with Crippen LogP contribution < -0.4 is 10.5 Å². The number of rotatable bonds is 8. The summed E-state index contributed by atoms with van der Waals surface area (Å²) in [6, 6.07) is 19.7. The van der Waals surface area contributed by atoms with Gasteiger partial charge in [0.2, 0.25) is 5.91 Å². The van der Waals surface area contributed by atoms with Crippen LogP contribution in [0.3, 0.4) is 0 Å². The van der Waals surface area contributed by atoms with Crippen molar-refractivity contribution in [3.8, 4) is 5.69 Å². The lowest BCUT2D eigenvalue weighted by Crippen LogP contribution is -2.38. The Morgan fingerprint density at radius 3 is 2.27 bits per heavy atom. The largest absolute Gasteiger partial charge is 0.419 e. The molecule has 0 fully saturated rings. The molecule has 0 aliphatic heterocycles. The van der Waals surface area contributed by atoms with Crippen molar-refractivity contribution in [2.24, 2.45) is 0 Å². The number of pyridine rings is 1. The summed E-state index contributed by atoms with van der Waals surface area (Å²) in [7, 11) is 3.79. The van der Waals surface area contributed by atoms with Crippen LogP contribution in [-0.2, 0) is 23.9 Å². The molecule has 1 atom stereocenters. The molecule has 232 valence electrons. The third-order valence-corrected chi connectivity index (χ3v) is 7.62. The second kappa shape index (κ2) is 12.5. The quantitative estimate of drug-likeness (QED) is 0.183. The Balaban J connectivity index is 1.63. The van der Waals surface area contributed by atoms with E-state index >= 15 is 0 Å². The van der Waals surface area contributed by atoms with Crippen LogP contribution in [0.1, 0.15) is 41.0 Å². The Labute approximate surface area is 257 Å². The van der Waals surface area contributed by atoms with Crippen molar-refractivity contribution in [1.82, 2.24) is 19.4 Å². The first-order valence-corrected chi connectivity index (χ1v) is 14.2. The Bertz CT molecular complexity index is 1900. The maximum Gasteiger partial charge on any atom is 0.419 e. The summed E-state index contributed by atoms with van der Waals surface area (Å²) in [4.78, 5) is 40.3. The van der Waals surface area contributed by atoms with Crippen molar-refractivity contribution in [1.29, 1.82) is 0 Å². The van der Waals surface area contributed by atoms with Gasteiger partial charge in [0.15, 0.2) is 5.65 Å². The van der Waals surface area contributed by atoms with E-state index in [1.807, 2.05) is 62.3 Å². The van der Waals surface area contributed by atoms with Gasteiger partial charge in [0.1, 0.15) is 11.6 Å². The molecule has 0 saturated heterocycles. The Kier molecular flexibility index (Phi) is 8.72. The highest BCUT2D eigenvalue weighted by Crippen LogP contribution is 2.32. The van der Waals surface area contributed by atoms with Gasteiger partial charge in [0.25, 0.3) is 5.56 Å². The fourth-order valence-corrected chi connectivity index (χ4v) is 5.11. The second-order valence-corrected chi connectivity index (χ2v) is 11.1. The van der Waals surface area contributed by atoms with Crippen LogP contribution in [0.5, 0.6) is 0 Å². The molecule has 0 radical (unpaired) electrons. The number of anilines is 1. The van der Waals surface area contributed by atoms with E-state index in [2.05, 4.69) is 4.98 Å². The number of fused-ring (bicyclic) bond motifs is 1. The van der Waals surface area contributed by atoms with E-state index in [1.165, 1.54) is 15.7 Å². The molecule has 0 bridgehead atoms. The topological polar surface area (TPSA) is 71.3 Å². The maximum absolute atomic E-state index is 14.0. The summed E-state index contributed by atoms with van der Waals surface area (Å²) < 4.78 is 55.8. The van der Waals surface area contributed by atoms with Gasteiger partial charge in [0.05, 0.1) is 29.1 Å². The molecule has 5 aromatic rings. The standard InChI is InChI=1S/C34H31F4N5O2/c1-21-7-12-26(13-8-21)43-32(40-31-27(33(43)45)6-5-17-39-31)22(2)42(20-23-9-14-25(15-10-23)41(3)4)30(44)19-24-11-16-29(35)28(18-24)34(36,37)38/h5-18,22H,19-20H2,1-4H3/t22-/m1/s1. The minimum atomic E-state index is -4.92. The Hall–Kier alpha value is -5.06. The highest BCUT2D eigenvalue weighted by Gasteiger charge is 2.35. The molecule has 0 unspecified atom stereocenters. The number of aryl methyl sites for hydroxylation is 1. The Morgan fingerprint density at radius 1 is 0.956 bits per heavy atom. The van der Waals surface area contributed by atoms with Gasteiger partial charge < -0.3 is 9.80 Å². The first kappa shape index (κ1) is 31.4. The monoisotopic (exact) mass is 617 g/mol. The molecule has 0 aliphatic carbocycles. The highest BCUT2D eigenvalue weighted by atomic mass is 19.4. The molecular formula is C34H31F4N5O2. The molecule has 7 nitrogen and oxygen atoms in total. The predicted molar refractivity (Wildman–Crippen MR) is 165 cm³/mol. The summed E-state index contributed by atoms with van der Waals surface area (Å²) in [5.74, 6) is -1.73. The fraction of sp³-hybridized carbons (Fsp3) is 0.235. The number of carbonyl (C=O) groups excluding carboxylic acids is 1. The number of hydrogen-bond donors (Lipinski definition) is 0. The van der Waals surface area contributed by atoms with Gasteiger partial charge in [-0.05, 0) is 73.5 Å². The number of halogens is 4. The smallest absolute Gasteiger partial charge is 0.378 e. The zero-order chi connectivity index (χ0) is 32.5. The van der Waals surface area contributed by atoms with Crippen molar-refractivity contribution >= 4 is 22.6 Å². The predicted octanol–water partition coefficient (Wildman–Crippen LogP) is 6.65. The fourth-order valence-electron chi connectivity index (χ4n) is 5.11. The van der Waals surface area contributed by atoms with Crippen LogP contribution in [0.25, 0.3) is 16.7 Å². The van der Waals surface area contributed by atoms with Crippen LogP contribution in [-0.4, -0.2) is 39.4 Å². The summed E-state index contributed by atoms with van der Waals surface area (Å²) in [6.45, 7) is 3.68. The molecule has 0 saturated carbocycles. The van der Waals surface area contributed by atoms with E-state index in [0.29, 0.717) is 17.8 Å².